The van der Waals surface area contributed by atoms with E-state index in [1.54, 1.807) is 0 Å². The monoisotopic (exact) mass is 214 g/mol. The van der Waals surface area contributed by atoms with E-state index in [9.17, 15) is 4.79 Å². The summed E-state index contributed by atoms with van der Waals surface area (Å²) in [5.41, 5.74) is 0. The molecule has 0 rings (SSSR count). The molecule has 15 heavy (non-hydrogen) atoms. The van der Waals surface area contributed by atoms with Crippen molar-refractivity contribution >= 4 is 5.91 Å². The number of hydrogen-bond donors (Lipinski definition) is 2. The number of carbonyl (C=O) groups excluding carboxylic acids is 1. The minimum atomic E-state index is 0.155. The lowest BCUT2D eigenvalue weighted by atomic mass is 10.1. The summed E-state index contributed by atoms with van der Waals surface area (Å²) in [6, 6.07) is 0.854. The van der Waals surface area contributed by atoms with Crippen molar-refractivity contribution in [3.63, 3.8) is 0 Å². The maximum atomic E-state index is 11.4. The molecule has 1 unspecified atom stereocenters. The molecule has 0 aromatic rings. The molecule has 3 nitrogen and oxygen atoms in total. The van der Waals surface area contributed by atoms with Crippen molar-refractivity contribution in [3.05, 3.63) is 0 Å². The van der Waals surface area contributed by atoms with Gasteiger partial charge in [0.05, 0.1) is 0 Å². The molecule has 0 aromatic carbocycles. The van der Waals surface area contributed by atoms with E-state index in [-0.39, 0.29) is 5.91 Å². The maximum absolute atomic E-state index is 11.4. The zero-order valence-electron chi connectivity index (χ0n) is 10.6. The second kappa shape index (κ2) is 8.72. The fourth-order valence-corrected chi connectivity index (χ4v) is 1.42. The van der Waals surface area contributed by atoms with Gasteiger partial charge in [0.25, 0.3) is 0 Å². The zero-order chi connectivity index (χ0) is 11.7. The lowest BCUT2D eigenvalue weighted by molar-refractivity contribution is -0.121. The summed E-state index contributed by atoms with van der Waals surface area (Å²) in [6.45, 7) is 9.23. The Morgan fingerprint density at radius 3 is 2.20 bits per heavy atom. The number of nitrogens with one attached hydrogen (secondary N) is 2. The van der Waals surface area contributed by atoms with Crippen LogP contribution >= 0.6 is 0 Å². The van der Waals surface area contributed by atoms with E-state index < -0.39 is 0 Å². The van der Waals surface area contributed by atoms with Crippen LogP contribution in [0.2, 0.25) is 0 Å². The van der Waals surface area contributed by atoms with Crippen LogP contribution in [0, 0.1) is 0 Å². The Morgan fingerprint density at radius 1 is 1.13 bits per heavy atom. The molecule has 0 fully saturated rings. The van der Waals surface area contributed by atoms with Crippen LogP contribution in [-0.2, 0) is 4.79 Å². The summed E-state index contributed by atoms with van der Waals surface area (Å²) in [4.78, 5) is 11.4. The standard InChI is InChI=1S/C12H26N2O/c1-5-10(4)14-12(15)8-9-13-11(6-2)7-3/h10-11,13H,5-9H2,1-4H3,(H,14,15). The lowest BCUT2D eigenvalue weighted by Gasteiger charge is -2.15. The van der Waals surface area contributed by atoms with Crippen LogP contribution in [0.15, 0.2) is 0 Å². The Hall–Kier alpha value is -0.570. The van der Waals surface area contributed by atoms with E-state index in [0.29, 0.717) is 18.5 Å². The average Bonchev–Trinajstić information content (AvgIpc) is 2.24. The molecule has 0 bridgehead atoms. The van der Waals surface area contributed by atoms with Gasteiger partial charge in [-0.15, -0.1) is 0 Å². The lowest BCUT2D eigenvalue weighted by Crippen LogP contribution is -2.36. The molecule has 2 N–H and O–H groups in total. The minimum Gasteiger partial charge on any atom is -0.354 e. The second-order valence-electron chi connectivity index (χ2n) is 4.09. The Bertz CT molecular complexity index is 167. The molecule has 0 aromatic heterocycles. The minimum absolute atomic E-state index is 0.155. The van der Waals surface area contributed by atoms with Gasteiger partial charge in [-0.2, -0.15) is 0 Å². The van der Waals surface area contributed by atoms with Crippen molar-refractivity contribution in [1.82, 2.24) is 10.6 Å². The zero-order valence-corrected chi connectivity index (χ0v) is 10.6. The average molecular weight is 214 g/mol. The SMILES string of the molecule is CCC(C)NC(=O)CCNC(CC)CC. The van der Waals surface area contributed by atoms with Crippen molar-refractivity contribution < 1.29 is 4.79 Å². The molecular formula is C12H26N2O. The summed E-state index contributed by atoms with van der Waals surface area (Å²) >= 11 is 0. The van der Waals surface area contributed by atoms with Crippen molar-refractivity contribution in [1.29, 1.82) is 0 Å². The summed E-state index contributed by atoms with van der Waals surface area (Å²) in [7, 11) is 0. The molecule has 0 aliphatic heterocycles. The predicted molar refractivity (Wildman–Crippen MR) is 64.9 cm³/mol. The third-order valence-electron chi connectivity index (χ3n) is 2.79. The molecule has 0 spiro atoms. The highest BCUT2D eigenvalue weighted by molar-refractivity contribution is 5.76. The number of rotatable bonds is 8. The fraction of sp³-hybridized carbons (Fsp3) is 0.917. The molecule has 1 amide bonds. The van der Waals surface area contributed by atoms with E-state index in [0.717, 1.165) is 25.8 Å². The Balaban J connectivity index is 3.54. The number of hydrogen-bond acceptors (Lipinski definition) is 2. The number of amides is 1. The molecule has 0 radical (unpaired) electrons. The quantitative estimate of drug-likeness (QED) is 0.649. The summed E-state index contributed by atoms with van der Waals surface area (Å²) < 4.78 is 0. The van der Waals surface area contributed by atoms with Crippen LogP contribution in [0.1, 0.15) is 53.4 Å². The van der Waals surface area contributed by atoms with Gasteiger partial charge in [0.2, 0.25) is 5.91 Å². The van der Waals surface area contributed by atoms with Crippen molar-refractivity contribution in [2.75, 3.05) is 6.54 Å². The highest BCUT2D eigenvalue weighted by Crippen LogP contribution is 1.96. The van der Waals surface area contributed by atoms with Gasteiger partial charge in [-0.05, 0) is 26.2 Å². The van der Waals surface area contributed by atoms with Crippen molar-refractivity contribution in [3.8, 4) is 0 Å². The van der Waals surface area contributed by atoms with E-state index >= 15 is 0 Å². The first-order chi connectivity index (χ1) is 7.13. The van der Waals surface area contributed by atoms with Gasteiger partial charge in [0, 0.05) is 25.0 Å². The Kier molecular flexibility index (Phi) is 8.38. The van der Waals surface area contributed by atoms with Crippen LogP contribution < -0.4 is 10.6 Å². The fourth-order valence-electron chi connectivity index (χ4n) is 1.42. The van der Waals surface area contributed by atoms with Crippen LogP contribution in [0.5, 0.6) is 0 Å². The highest BCUT2D eigenvalue weighted by atomic mass is 16.1. The topological polar surface area (TPSA) is 41.1 Å². The van der Waals surface area contributed by atoms with Crippen LogP contribution in [0.3, 0.4) is 0 Å². The van der Waals surface area contributed by atoms with E-state index in [1.807, 2.05) is 6.92 Å². The van der Waals surface area contributed by atoms with Gasteiger partial charge < -0.3 is 10.6 Å². The van der Waals surface area contributed by atoms with Gasteiger partial charge in [-0.3, -0.25) is 4.79 Å². The molecule has 0 aliphatic carbocycles. The van der Waals surface area contributed by atoms with Gasteiger partial charge in [-0.1, -0.05) is 20.8 Å². The van der Waals surface area contributed by atoms with Crippen molar-refractivity contribution in [2.45, 2.75) is 65.5 Å². The van der Waals surface area contributed by atoms with E-state index in [1.165, 1.54) is 0 Å². The van der Waals surface area contributed by atoms with Crippen LogP contribution in [-0.4, -0.2) is 24.5 Å². The van der Waals surface area contributed by atoms with Crippen LogP contribution in [0.4, 0.5) is 0 Å². The van der Waals surface area contributed by atoms with Gasteiger partial charge >= 0.3 is 0 Å². The van der Waals surface area contributed by atoms with E-state index in [2.05, 4.69) is 31.4 Å². The van der Waals surface area contributed by atoms with Crippen LogP contribution in [0.25, 0.3) is 0 Å². The largest absolute Gasteiger partial charge is 0.354 e. The van der Waals surface area contributed by atoms with Gasteiger partial charge in [0.15, 0.2) is 0 Å². The normalized spacial score (nSPS) is 12.9. The highest BCUT2D eigenvalue weighted by Gasteiger charge is 2.06. The first-order valence-electron chi connectivity index (χ1n) is 6.16. The third kappa shape index (κ3) is 7.37. The van der Waals surface area contributed by atoms with E-state index in [4.69, 9.17) is 0 Å². The molecule has 90 valence electrons. The molecule has 0 saturated heterocycles. The van der Waals surface area contributed by atoms with Gasteiger partial charge in [0.1, 0.15) is 0 Å². The second-order valence-corrected chi connectivity index (χ2v) is 4.09. The molecule has 1 atom stereocenters. The third-order valence-corrected chi connectivity index (χ3v) is 2.79. The Morgan fingerprint density at radius 2 is 1.73 bits per heavy atom. The maximum Gasteiger partial charge on any atom is 0.221 e. The summed E-state index contributed by atoms with van der Waals surface area (Å²) in [6.07, 6.45) is 3.83. The Labute approximate surface area is 94.0 Å². The molecule has 0 heterocycles. The first-order valence-corrected chi connectivity index (χ1v) is 6.16. The molecular weight excluding hydrogens is 188 g/mol. The molecule has 3 heteroatoms. The van der Waals surface area contributed by atoms with Gasteiger partial charge in [-0.25, -0.2) is 0 Å². The first kappa shape index (κ1) is 14.4. The molecule has 0 aliphatic rings. The summed E-state index contributed by atoms with van der Waals surface area (Å²) in [5, 5.41) is 6.34. The smallest absolute Gasteiger partial charge is 0.221 e. The number of carbonyl (C=O) groups is 1. The molecule has 0 saturated carbocycles. The summed E-state index contributed by atoms with van der Waals surface area (Å²) in [5.74, 6) is 0.155. The predicted octanol–water partition coefficient (Wildman–Crippen LogP) is 2.07. The van der Waals surface area contributed by atoms with Crippen molar-refractivity contribution in [2.24, 2.45) is 0 Å².